The first-order valence-electron chi connectivity index (χ1n) is 10.6. The second-order valence-corrected chi connectivity index (χ2v) is 8.56. The van der Waals surface area contributed by atoms with Crippen LogP contribution in [0.5, 0.6) is 0 Å². The molecule has 1 atom stereocenters. The second kappa shape index (κ2) is 9.96. The molecule has 2 aromatic carbocycles. The molecule has 7 heteroatoms. The monoisotopic (exact) mass is 439 g/mol. The summed E-state index contributed by atoms with van der Waals surface area (Å²) in [4.78, 5) is 17.3. The maximum Gasteiger partial charge on any atom is 0.408 e. The lowest BCUT2D eigenvalue weighted by Crippen LogP contribution is -2.34. The molecular formula is C25H30FN3O3. The largest absolute Gasteiger partial charge is 0.444 e. The van der Waals surface area contributed by atoms with Crippen molar-refractivity contribution in [2.75, 3.05) is 25.6 Å². The highest BCUT2D eigenvalue weighted by molar-refractivity contribution is 6.00. The summed E-state index contributed by atoms with van der Waals surface area (Å²) >= 11 is 0. The Balaban J connectivity index is 2.17. The van der Waals surface area contributed by atoms with Crippen LogP contribution >= 0.6 is 0 Å². The third kappa shape index (κ3) is 5.73. The van der Waals surface area contributed by atoms with Gasteiger partial charge in [0, 0.05) is 24.6 Å². The molecule has 1 amide bonds. The van der Waals surface area contributed by atoms with Crippen LogP contribution in [0, 0.1) is 5.82 Å². The van der Waals surface area contributed by atoms with Crippen LogP contribution in [0.25, 0.3) is 22.0 Å². The molecule has 32 heavy (non-hydrogen) atoms. The lowest BCUT2D eigenvalue weighted by atomic mass is 9.95. The summed E-state index contributed by atoms with van der Waals surface area (Å²) in [7, 11) is 1.63. The summed E-state index contributed by atoms with van der Waals surface area (Å²) < 4.78 is 24.8. The number of hydrogen-bond donors (Lipinski definition) is 2. The van der Waals surface area contributed by atoms with Gasteiger partial charge in [0.2, 0.25) is 0 Å². The summed E-state index contributed by atoms with van der Waals surface area (Å²) in [5.74, 6) is -0.346. The molecule has 3 rings (SSSR count). The number of halogens is 1. The Labute approximate surface area is 188 Å². The van der Waals surface area contributed by atoms with E-state index in [1.807, 2.05) is 58.0 Å². The minimum absolute atomic E-state index is 0.346. The second-order valence-electron chi connectivity index (χ2n) is 8.56. The number of carbonyl (C=O) groups is 1. The quantitative estimate of drug-likeness (QED) is 0.463. The van der Waals surface area contributed by atoms with Crippen molar-refractivity contribution >= 4 is 22.7 Å². The molecule has 0 aliphatic carbocycles. The average Bonchev–Trinajstić information content (AvgIpc) is 2.72. The molecule has 0 saturated carbocycles. The van der Waals surface area contributed by atoms with Crippen LogP contribution in [0.1, 0.15) is 39.4 Å². The Morgan fingerprint density at radius 2 is 1.88 bits per heavy atom. The number of amides is 1. The van der Waals surface area contributed by atoms with Gasteiger partial charge in [-0.2, -0.15) is 0 Å². The fourth-order valence-electron chi connectivity index (χ4n) is 3.48. The topological polar surface area (TPSA) is 72.5 Å². The Hall–Kier alpha value is -3.19. The van der Waals surface area contributed by atoms with Gasteiger partial charge < -0.3 is 20.1 Å². The van der Waals surface area contributed by atoms with Gasteiger partial charge in [-0.25, -0.2) is 14.2 Å². The number of rotatable bonds is 7. The van der Waals surface area contributed by atoms with Crippen molar-refractivity contribution in [1.82, 2.24) is 10.3 Å². The van der Waals surface area contributed by atoms with E-state index in [2.05, 4.69) is 10.6 Å². The molecule has 6 nitrogen and oxygen atoms in total. The van der Waals surface area contributed by atoms with Crippen molar-refractivity contribution in [3.63, 3.8) is 0 Å². The van der Waals surface area contributed by atoms with E-state index in [1.165, 1.54) is 12.1 Å². The van der Waals surface area contributed by atoms with Crippen LogP contribution in [0.2, 0.25) is 0 Å². The molecule has 0 fully saturated rings. The van der Waals surface area contributed by atoms with Crippen LogP contribution in [-0.2, 0) is 9.47 Å². The van der Waals surface area contributed by atoms with Crippen molar-refractivity contribution in [1.29, 1.82) is 0 Å². The van der Waals surface area contributed by atoms with Gasteiger partial charge >= 0.3 is 6.09 Å². The number of ether oxygens (including phenoxy) is 2. The predicted molar refractivity (Wildman–Crippen MR) is 125 cm³/mol. The van der Waals surface area contributed by atoms with Gasteiger partial charge in [-0.05, 0) is 51.5 Å². The van der Waals surface area contributed by atoms with E-state index in [9.17, 15) is 9.18 Å². The van der Waals surface area contributed by atoms with Crippen LogP contribution in [0.15, 0.2) is 48.5 Å². The molecule has 0 aliphatic heterocycles. The minimum atomic E-state index is -0.618. The van der Waals surface area contributed by atoms with E-state index in [0.717, 1.165) is 16.8 Å². The van der Waals surface area contributed by atoms with Crippen LogP contribution in [0.4, 0.5) is 14.9 Å². The molecule has 0 spiro atoms. The number of hydrogen-bond acceptors (Lipinski definition) is 5. The average molecular weight is 440 g/mol. The molecule has 1 aromatic heterocycles. The number of aromatic nitrogens is 1. The Kier molecular flexibility index (Phi) is 7.30. The zero-order valence-corrected chi connectivity index (χ0v) is 19.2. The molecule has 0 bridgehead atoms. The van der Waals surface area contributed by atoms with E-state index in [-0.39, 0.29) is 5.82 Å². The molecule has 170 valence electrons. The van der Waals surface area contributed by atoms with Gasteiger partial charge in [0.1, 0.15) is 11.4 Å². The highest BCUT2D eigenvalue weighted by atomic mass is 19.1. The molecule has 0 aliphatic rings. The van der Waals surface area contributed by atoms with E-state index in [1.54, 1.807) is 13.2 Å². The van der Waals surface area contributed by atoms with Gasteiger partial charge in [-0.1, -0.05) is 30.3 Å². The number of methoxy groups -OCH3 is 1. The number of anilines is 1. The maximum absolute atomic E-state index is 14.2. The van der Waals surface area contributed by atoms with Gasteiger partial charge in [-0.15, -0.1) is 0 Å². The number of fused-ring (bicyclic) bond motifs is 1. The highest BCUT2D eigenvalue weighted by Crippen LogP contribution is 2.39. The number of nitrogens with zero attached hydrogens (tertiary/aromatic N) is 1. The Morgan fingerprint density at radius 1 is 1.16 bits per heavy atom. The van der Waals surface area contributed by atoms with Gasteiger partial charge in [-0.3, -0.25) is 0 Å². The van der Waals surface area contributed by atoms with Gasteiger partial charge in [0.25, 0.3) is 0 Å². The molecule has 2 N–H and O–H groups in total. The lowest BCUT2D eigenvalue weighted by molar-refractivity contribution is 0.0507. The van der Waals surface area contributed by atoms with Crippen molar-refractivity contribution < 1.29 is 18.7 Å². The number of benzene rings is 2. The van der Waals surface area contributed by atoms with Gasteiger partial charge in [0.05, 0.1) is 29.5 Å². The van der Waals surface area contributed by atoms with E-state index in [4.69, 9.17) is 14.5 Å². The number of nitrogens with one attached hydrogen (secondary N) is 2. The number of carbonyl (C=O) groups excluding carboxylic acids is 1. The summed E-state index contributed by atoms with van der Waals surface area (Å²) in [6, 6.07) is 13.8. The van der Waals surface area contributed by atoms with Crippen molar-refractivity contribution in [3.05, 3.63) is 60.0 Å². The van der Waals surface area contributed by atoms with Crippen molar-refractivity contribution in [3.8, 4) is 11.1 Å². The lowest BCUT2D eigenvalue weighted by Gasteiger charge is -2.25. The molecule has 0 saturated heterocycles. The fourth-order valence-corrected chi connectivity index (χ4v) is 3.48. The predicted octanol–water partition coefficient (Wildman–Crippen LogP) is 5.68. The first-order valence-corrected chi connectivity index (χ1v) is 10.6. The van der Waals surface area contributed by atoms with Crippen LogP contribution in [0.3, 0.4) is 0 Å². The van der Waals surface area contributed by atoms with E-state index >= 15 is 0 Å². The fraction of sp³-hybridized carbons (Fsp3) is 0.360. The number of alkyl carbamates (subject to hydrolysis) is 1. The SMILES string of the molecule is COCCNc1c(-c2ccccc2)c(C(C)NC(=O)OC(C)(C)C)nc2ccc(F)cc12. The molecule has 3 aromatic rings. The Morgan fingerprint density at radius 3 is 2.53 bits per heavy atom. The third-order valence-electron chi connectivity index (χ3n) is 4.79. The third-order valence-corrected chi connectivity index (χ3v) is 4.79. The zero-order chi connectivity index (χ0) is 23.3. The molecule has 0 radical (unpaired) electrons. The standard InChI is InChI=1S/C25H30FN3O3/c1-16(28-24(30)32-25(2,3)4)22-21(17-9-7-6-8-10-17)23(27-13-14-31-5)19-15-18(26)11-12-20(19)29-22/h6-12,15-16H,13-14H2,1-5H3,(H,27,29)(H,28,30). The number of pyridine rings is 1. The molecule has 1 unspecified atom stereocenters. The maximum atomic E-state index is 14.2. The summed E-state index contributed by atoms with van der Waals surface area (Å²) in [5.41, 5.74) is 3.10. The van der Waals surface area contributed by atoms with Crippen molar-refractivity contribution in [2.45, 2.75) is 39.3 Å². The Bertz CT molecular complexity index is 1080. The summed E-state index contributed by atoms with van der Waals surface area (Å²) in [5, 5.41) is 6.94. The van der Waals surface area contributed by atoms with E-state index < -0.39 is 17.7 Å². The van der Waals surface area contributed by atoms with Gasteiger partial charge in [0.15, 0.2) is 0 Å². The zero-order valence-electron chi connectivity index (χ0n) is 19.2. The molecule has 1 heterocycles. The first kappa shape index (κ1) is 23.5. The first-order chi connectivity index (χ1) is 15.2. The highest BCUT2D eigenvalue weighted by Gasteiger charge is 2.24. The van der Waals surface area contributed by atoms with Crippen LogP contribution in [-0.4, -0.2) is 36.9 Å². The van der Waals surface area contributed by atoms with E-state index in [0.29, 0.717) is 29.7 Å². The minimum Gasteiger partial charge on any atom is -0.444 e. The normalized spacial score (nSPS) is 12.4. The summed E-state index contributed by atoms with van der Waals surface area (Å²) in [6.45, 7) is 8.30. The van der Waals surface area contributed by atoms with Crippen LogP contribution < -0.4 is 10.6 Å². The summed E-state index contributed by atoms with van der Waals surface area (Å²) in [6.07, 6.45) is -0.529. The smallest absolute Gasteiger partial charge is 0.408 e. The van der Waals surface area contributed by atoms with Crippen molar-refractivity contribution in [2.24, 2.45) is 0 Å². The molecular weight excluding hydrogens is 409 g/mol.